The quantitative estimate of drug-likeness (QED) is 0.767. The first-order valence-electron chi connectivity index (χ1n) is 5.96. The van der Waals surface area contributed by atoms with Crippen LogP contribution in [0, 0.1) is 5.92 Å². The number of halogens is 1. The summed E-state index contributed by atoms with van der Waals surface area (Å²) in [5.74, 6) is 0.876. The fourth-order valence-electron chi connectivity index (χ4n) is 2.29. The summed E-state index contributed by atoms with van der Waals surface area (Å²) in [6.07, 6.45) is 5.10. The van der Waals surface area contributed by atoms with E-state index in [4.69, 9.17) is 17.3 Å². The smallest absolute Gasteiger partial charge is 0.0577 e. The molecule has 0 atom stereocenters. The number of hydrogen-bond donors (Lipinski definition) is 2. The van der Waals surface area contributed by atoms with Crippen LogP contribution in [0.3, 0.4) is 0 Å². The van der Waals surface area contributed by atoms with Crippen molar-refractivity contribution in [3.05, 3.63) is 23.2 Å². The molecule has 0 unspecified atom stereocenters. The summed E-state index contributed by atoms with van der Waals surface area (Å²) < 4.78 is 0. The van der Waals surface area contributed by atoms with Crippen molar-refractivity contribution in [3.8, 4) is 0 Å². The van der Waals surface area contributed by atoms with Gasteiger partial charge in [-0.05, 0) is 49.8 Å². The van der Waals surface area contributed by atoms with Gasteiger partial charge < -0.3 is 11.1 Å². The van der Waals surface area contributed by atoms with Crippen molar-refractivity contribution in [2.45, 2.75) is 38.6 Å². The van der Waals surface area contributed by atoms with E-state index in [2.05, 4.69) is 12.2 Å². The van der Waals surface area contributed by atoms with Crippen LogP contribution in [0.4, 0.5) is 11.4 Å². The number of benzene rings is 1. The Bertz CT molecular complexity index is 357. The number of anilines is 2. The summed E-state index contributed by atoms with van der Waals surface area (Å²) >= 11 is 5.87. The third-order valence-electron chi connectivity index (χ3n) is 3.39. The van der Waals surface area contributed by atoms with Crippen molar-refractivity contribution in [1.82, 2.24) is 0 Å². The summed E-state index contributed by atoms with van der Waals surface area (Å²) in [5.41, 5.74) is 7.68. The monoisotopic (exact) mass is 238 g/mol. The lowest BCUT2D eigenvalue weighted by Crippen LogP contribution is -2.25. The number of nitrogens with two attached hydrogens (primary N) is 1. The molecule has 16 heavy (non-hydrogen) atoms. The van der Waals surface area contributed by atoms with Gasteiger partial charge in [-0.3, -0.25) is 0 Å². The van der Waals surface area contributed by atoms with E-state index in [0.717, 1.165) is 17.3 Å². The van der Waals surface area contributed by atoms with Crippen molar-refractivity contribution in [2.75, 3.05) is 11.1 Å². The van der Waals surface area contributed by atoms with Gasteiger partial charge in [0.25, 0.3) is 0 Å². The van der Waals surface area contributed by atoms with E-state index in [9.17, 15) is 0 Å². The fraction of sp³-hybridized carbons (Fsp3) is 0.538. The Balaban J connectivity index is 1.98. The van der Waals surface area contributed by atoms with Crippen molar-refractivity contribution in [2.24, 2.45) is 5.92 Å². The van der Waals surface area contributed by atoms with Crippen LogP contribution in [0.5, 0.6) is 0 Å². The normalized spacial score (nSPS) is 25.4. The molecule has 0 amide bonds. The number of nitrogen functional groups attached to an aromatic ring is 1. The highest BCUT2D eigenvalue weighted by atomic mass is 35.5. The molecular weight excluding hydrogens is 220 g/mol. The fourth-order valence-corrected chi connectivity index (χ4v) is 2.47. The van der Waals surface area contributed by atoms with Crippen LogP contribution >= 0.6 is 11.6 Å². The minimum atomic E-state index is 0.569. The lowest BCUT2D eigenvalue weighted by atomic mass is 9.87. The number of rotatable bonds is 2. The zero-order chi connectivity index (χ0) is 11.5. The van der Waals surface area contributed by atoms with Crippen LogP contribution in [-0.2, 0) is 0 Å². The molecule has 1 aliphatic rings. The largest absolute Gasteiger partial charge is 0.397 e. The van der Waals surface area contributed by atoms with Gasteiger partial charge >= 0.3 is 0 Å². The number of hydrogen-bond acceptors (Lipinski definition) is 2. The first-order chi connectivity index (χ1) is 7.65. The zero-order valence-corrected chi connectivity index (χ0v) is 10.4. The Labute approximate surface area is 102 Å². The van der Waals surface area contributed by atoms with E-state index in [-0.39, 0.29) is 0 Å². The molecular formula is C13H19ClN2. The highest BCUT2D eigenvalue weighted by Crippen LogP contribution is 2.29. The minimum absolute atomic E-state index is 0.569. The summed E-state index contributed by atoms with van der Waals surface area (Å²) in [7, 11) is 0. The second-order valence-corrected chi connectivity index (χ2v) is 5.27. The maximum Gasteiger partial charge on any atom is 0.0577 e. The van der Waals surface area contributed by atoms with Gasteiger partial charge in [-0.1, -0.05) is 18.5 Å². The molecule has 2 nitrogen and oxygen atoms in total. The summed E-state index contributed by atoms with van der Waals surface area (Å²) in [6, 6.07) is 6.22. The van der Waals surface area contributed by atoms with E-state index in [0.29, 0.717) is 11.1 Å². The van der Waals surface area contributed by atoms with Gasteiger partial charge in [0.15, 0.2) is 0 Å². The van der Waals surface area contributed by atoms with Crippen molar-refractivity contribution in [1.29, 1.82) is 0 Å². The van der Waals surface area contributed by atoms with Crippen LogP contribution in [0.1, 0.15) is 32.6 Å². The van der Waals surface area contributed by atoms with Crippen LogP contribution in [-0.4, -0.2) is 6.04 Å². The average Bonchev–Trinajstić information content (AvgIpc) is 2.25. The van der Waals surface area contributed by atoms with Gasteiger partial charge in [-0.15, -0.1) is 0 Å². The van der Waals surface area contributed by atoms with Gasteiger partial charge in [0.2, 0.25) is 0 Å². The van der Waals surface area contributed by atoms with Crippen LogP contribution in [0.15, 0.2) is 18.2 Å². The highest BCUT2D eigenvalue weighted by molar-refractivity contribution is 6.31. The summed E-state index contributed by atoms with van der Waals surface area (Å²) in [5, 5.41) is 4.21. The summed E-state index contributed by atoms with van der Waals surface area (Å²) in [6.45, 7) is 2.33. The molecule has 3 heteroatoms. The lowest BCUT2D eigenvalue weighted by Gasteiger charge is -2.28. The molecule has 1 aromatic carbocycles. The average molecular weight is 239 g/mol. The first kappa shape index (κ1) is 11.6. The Morgan fingerprint density at radius 2 is 1.94 bits per heavy atom. The van der Waals surface area contributed by atoms with Crippen molar-refractivity contribution < 1.29 is 0 Å². The highest BCUT2D eigenvalue weighted by Gasteiger charge is 2.18. The van der Waals surface area contributed by atoms with E-state index in [1.54, 1.807) is 6.07 Å². The standard InChI is InChI=1S/C13H19ClN2/c1-9-2-5-11(6-3-9)16-13-7-4-10(14)8-12(13)15/h4,7-9,11,16H,2-3,5-6,15H2,1H3. The number of nitrogens with one attached hydrogen (secondary N) is 1. The maximum absolute atomic E-state index is 5.92. The van der Waals surface area contributed by atoms with Crippen molar-refractivity contribution >= 4 is 23.0 Å². The molecule has 0 bridgehead atoms. The zero-order valence-electron chi connectivity index (χ0n) is 9.67. The third-order valence-corrected chi connectivity index (χ3v) is 3.62. The molecule has 0 aromatic heterocycles. The Morgan fingerprint density at radius 3 is 2.56 bits per heavy atom. The van der Waals surface area contributed by atoms with E-state index >= 15 is 0 Å². The van der Waals surface area contributed by atoms with Gasteiger partial charge in [0.05, 0.1) is 11.4 Å². The first-order valence-corrected chi connectivity index (χ1v) is 6.34. The predicted molar refractivity (Wildman–Crippen MR) is 70.9 cm³/mol. The molecule has 88 valence electrons. The van der Waals surface area contributed by atoms with Gasteiger partial charge in [0, 0.05) is 11.1 Å². The lowest BCUT2D eigenvalue weighted by molar-refractivity contribution is 0.361. The Kier molecular flexibility index (Phi) is 3.59. The van der Waals surface area contributed by atoms with Crippen LogP contribution < -0.4 is 11.1 Å². The predicted octanol–water partition coefficient (Wildman–Crippen LogP) is 3.91. The maximum atomic E-state index is 5.92. The van der Waals surface area contributed by atoms with E-state index < -0.39 is 0 Å². The Morgan fingerprint density at radius 1 is 1.25 bits per heavy atom. The Hall–Kier alpha value is -0.890. The van der Waals surface area contributed by atoms with Crippen LogP contribution in [0.25, 0.3) is 0 Å². The third kappa shape index (κ3) is 2.82. The van der Waals surface area contributed by atoms with Gasteiger partial charge in [-0.2, -0.15) is 0 Å². The molecule has 0 aliphatic heterocycles. The van der Waals surface area contributed by atoms with Gasteiger partial charge in [0.1, 0.15) is 0 Å². The molecule has 0 heterocycles. The van der Waals surface area contributed by atoms with Gasteiger partial charge in [-0.25, -0.2) is 0 Å². The molecule has 3 N–H and O–H groups in total. The topological polar surface area (TPSA) is 38.0 Å². The summed E-state index contributed by atoms with van der Waals surface area (Å²) in [4.78, 5) is 0. The van der Waals surface area contributed by atoms with E-state index in [1.165, 1.54) is 25.7 Å². The molecule has 0 saturated heterocycles. The molecule has 0 spiro atoms. The molecule has 1 fully saturated rings. The molecule has 2 rings (SSSR count). The second-order valence-electron chi connectivity index (χ2n) is 4.83. The molecule has 1 aromatic rings. The molecule has 1 saturated carbocycles. The van der Waals surface area contributed by atoms with Crippen molar-refractivity contribution in [3.63, 3.8) is 0 Å². The second kappa shape index (κ2) is 4.96. The van der Waals surface area contributed by atoms with E-state index in [1.807, 2.05) is 12.1 Å². The minimum Gasteiger partial charge on any atom is -0.397 e. The van der Waals surface area contributed by atoms with Crippen LogP contribution in [0.2, 0.25) is 5.02 Å². The molecule has 0 radical (unpaired) electrons. The SMILES string of the molecule is CC1CCC(Nc2ccc(Cl)cc2N)CC1. The molecule has 1 aliphatic carbocycles.